The van der Waals surface area contributed by atoms with Gasteiger partial charge in [0.2, 0.25) is 0 Å². The Bertz CT molecular complexity index is 1330. The predicted molar refractivity (Wildman–Crippen MR) is 115 cm³/mol. The number of aryl methyl sites for hydroxylation is 2. The lowest BCUT2D eigenvalue weighted by Crippen LogP contribution is -2.29. The van der Waals surface area contributed by atoms with Crippen molar-refractivity contribution in [3.63, 3.8) is 0 Å². The number of hydrogen-bond donors (Lipinski definition) is 0. The van der Waals surface area contributed by atoms with E-state index in [1.54, 1.807) is 25.2 Å². The first-order valence-corrected chi connectivity index (χ1v) is 10.1. The minimum absolute atomic E-state index is 0.0916. The summed E-state index contributed by atoms with van der Waals surface area (Å²) in [4.78, 5) is 29.3. The van der Waals surface area contributed by atoms with E-state index in [0.717, 1.165) is 28.2 Å². The van der Waals surface area contributed by atoms with Crippen LogP contribution in [0.25, 0.3) is 11.3 Å². The molecule has 5 rings (SSSR count). The maximum Gasteiger partial charge on any atom is 0.254 e. The number of nitrogens with zero attached hydrogens (tertiary/aromatic N) is 7. The second kappa shape index (κ2) is 6.84. The third-order valence-corrected chi connectivity index (χ3v) is 6.02. The molecule has 1 amide bonds. The van der Waals surface area contributed by atoms with Gasteiger partial charge in [0.1, 0.15) is 17.5 Å². The number of carbonyl (C=O) groups is 1. The van der Waals surface area contributed by atoms with Gasteiger partial charge in [-0.25, -0.2) is 4.98 Å². The molecular weight excluding hydrogens is 390 g/mol. The van der Waals surface area contributed by atoms with Crippen molar-refractivity contribution in [1.82, 2.24) is 24.6 Å². The van der Waals surface area contributed by atoms with Gasteiger partial charge < -0.3 is 4.90 Å². The van der Waals surface area contributed by atoms with Crippen LogP contribution in [0, 0.1) is 18.3 Å². The molecule has 0 fully saturated rings. The highest BCUT2D eigenvalue weighted by atomic mass is 16.2. The van der Waals surface area contributed by atoms with Crippen molar-refractivity contribution in [3.8, 4) is 17.3 Å². The molecular formula is C23H21N7O. The lowest BCUT2D eigenvalue weighted by atomic mass is 9.88. The monoisotopic (exact) mass is 411 g/mol. The van der Waals surface area contributed by atoms with Gasteiger partial charge in [-0.1, -0.05) is 24.6 Å². The summed E-state index contributed by atoms with van der Waals surface area (Å²) in [6.07, 6.45) is 1.68. The molecule has 3 aromatic rings. The first-order chi connectivity index (χ1) is 14.9. The Morgan fingerprint density at radius 2 is 2.03 bits per heavy atom. The highest BCUT2D eigenvalue weighted by Crippen LogP contribution is 2.34. The highest BCUT2D eigenvalue weighted by Gasteiger charge is 2.31. The van der Waals surface area contributed by atoms with E-state index < -0.39 is 0 Å². The summed E-state index contributed by atoms with van der Waals surface area (Å²) in [5.41, 5.74) is 7.20. The summed E-state index contributed by atoms with van der Waals surface area (Å²) in [6.45, 7) is 4.78. The first-order valence-electron chi connectivity index (χ1n) is 10.1. The van der Waals surface area contributed by atoms with Crippen LogP contribution in [0.5, 0.6) is 0 Å². The normalized spacial score (nSPS) is 17.3. The predicted octanol–water partition coefficient (Wildman–Crippen LogP) is 2.75. The minimum atomic E-state index is -0.124. The molecule has 0 N–H and O–H groups in total. The van der Waals surface area contributed by atoms with Crippen LogP contribution in [0.15, 0.2) is 29.4 Å². The van der Waals surface area contributed by atoms with Crippen molar-refractivity contribution >= 4 is 11.6 Å². The van der Waals surface area contributed by atoms with Gasteiger partial charge >= 0.3 is 0 Å². The largest absolute Gasteiger partial charge is 0.336 e. The Balaban J connectivity index is 1.81. The summed E-state index contributed by atoms with van der Waals surface area (Å²) < 4.78 is 1.53. The number of benzene rings is 1. The van der Waals surface area contributed by atoms with E-state index >= 15 is 0 Å². The van der Waals surface area contributed by atoms with Crippen molar-refractivity contribution in [2.45, 2.75) is 32.9 Å². The van der Waals surface area contributed by atoms with Crippen LogP contribution < -0.4 is 0 Å². The zero-order valence-electron chi connectivity index (χ0n) is 17.8. The number of rotatable bonds is 0. The van der Waals surface area contributed by atoms with E-state index in [9.17, 15) is 10.1 Å². The molecule has 2 bridgehead atoms. The molecule has 0 saturated heterocycles. The fourth-order valence-electron chi connectivity index (χ4n) is 4.40. The third kappa shape index (κ3) is 2.85. The van der Waals surface area contributed by atoms with Crippen molar-refractivity contribution in [2.24, 2.45) is 12.0 Å². The number of hydrogen-bond acceptors (Lipinski definition) is 6. The number of fused-ring (bicyclic) bond motifs is 4. The lowest BCUT2D eigenvalue weighted by Gasteiger charge is -2.23. The van der Waals surface area contributed by atoms with Crippen LogP contribution >= 0.6 is 0 Å². The Morgan fingerprint density at radius 3 is 2.81 bits per heavy atom. The Labute approximate surface area is 179 Å². The quantitative estimate of drug-likeness (QED) is 0.566. The Kier molecular flexibility index (Phi) is 4.22. The van der Waals surface area contributed by atoms with E-state index in [2.05, 4.69) is 29.1 Å². The fourth-order valence-corrected chi connectivity index (χ4v) is 4.40. The van der Waals surface area contributed by atoms with Gasteiger partial charge in [0.15, 0.2) is 0 Å². The zero-order valence-corrected chi connectivity index (χ0v) is 17.8. The topological polar surface area (TPSA) is 100 Å². The molecule has 0 radical (unpaired) electrons. The van der Waals surface area contributed by atoms with E-state index in [1.165, 1.54) is 4.68 Å². The lowest BCUT2D eigenvalue weighted by molar-refractivity contribution is 0.0782. The minimum Gasteiger partial charge on any atom is -0.336 e. The van der Waals surface area contributed by atoms with Gasteiger partial charge in [-0.2, -0.15) is 10.4 Å². The second-order valence-electron chi connectivity index (χ2n) is 8.13. The summed E-state index contributed by atoms with van der Waals surface area (Å²) in [7, 11) is 3.47. The molecule has 0 spiro atoms. The van der Waals surface area contributed by atoms with Crippen LogP contribution in [0.1, 0.15) is 57.1 Å². The van der Waals surface area contributed by atoms with Crippen LogP contribution in [0.3, 0.4) is 0 Å². The molecule has 31 heavy (non-hydrogen) atoms. The first kappa shape index (κ1) is 19.1. The smallest absolute Gasteiger partial charge is 0.254 e. The number of nitriles is 1. The van der Waals surface area contributed by atoms with Gasteiger partial charge in [0.25, 0.3) is 5.91 Å². The second-order valence-corrected chi connectivity index (χ2v) is 8.13. The number of carbonyl (C=O) groups excluding carboxylic acids is 1. The molecule has 4 heterocycles. The number of amides is 1. The van der Waals surface area contributed by atoms with Crippen LogP contribution in [0.2, 0.25) is 0 Å². The average molecular weight is 411 g/mol. The molecule has 8 heteroatoms. The molecule has 2 aromatic heterocycles. The standard InChI is InChI=1S/C23H21N7O/c1-12-5-6-14-15(7-12)13(2)21-22-17(10-26-21)25-9-16(27-22)20-18(11-29(3)23(14)31)28-30(4)19(20)8-24/h5-7,9,13H,10-11H2,1-4H3/t13-/m1/s1. The average Bonchev–Trinajstić information content (AvgIpc) is 3.31. The highest BCUT2D eigenvalue weighted by molar-refractivity contribution is 6.08. The maximum atomic E-state index is 13.5. The molecule has 2 aliphatic rings. The van der Waals surface area contributed by atoms with Gasteiger partial charge in [-0.3, -0.25) is 19.5 Å². The van der Waals surface area contributed by atoms with E-state index in [1.807, 2.05) is 19.1 Å². The van der Waals surface area contributed by atoms with Gasteiger partial charge in [-0.15, -0.1) is 0 Å². The molecule has 0 saturated carbocycles. The van der Waals surface area contributed by atoms with E-state index in [4.69, 9.17) is 9.98 Å². The summed E-state index contributed by atoms with van der Waals surface area (Å²) >= 11 is 0. The Hall–Kier alpha value is -3.86. The molecule has 2 aliphatic heterocycles. The van der Waals surface area contributed by atoms with Crippen molar-refractivity contribution in [2.75, 3.05) is 7.05 Å². The van der Waals surface area contributed by atoms with Gasteiger partial charge in [-0.05, 0) is 18.6 Å². The summed E-state index contributed by atoms with van der Waals surface area (Å²) in [6, 6.07) is 8.10. The van der Waals surface area contributed by atoms with Gasteiger partial charge in [0.05, 0.1) is 47.6 Å². The molecule has 1 aromatic carbocycles. The molecule has 0 unspecified atom stereocenters. The number of aromatic nitrogens is 4. The van der Waals surface area contributed by atoms with Gasteiger partial charge in [0, 0.05) is 25.6 Å². The van der Waals surface area contributed by atoms with Crippen LogP contribution in [-0.2, 0) is 20.1 Å². The SMILES string of the molecule is Cc1ccc2c(c1)[C@@H](C)C1=NCc3ncc(nc31)-c1c(nn(C)c1C#N)CN(C)C2=O. The molecule has 8 nitrogen and oxygen atoms in total. The van der Waals surface area contributed by atoms with E-state index in [-0.39, 0.29) is 18.4 Å². The maximum absolute atomic E-state index is 13.5. The Morgan fingerprint density at radius 1 is 1.23 bits per heavy atom. The molecule has 0 aliphatic carbocycles. The molecule has 1 atom stereocenters. The van der Waals surface area contributed by atoms with Crippen molar-refractivity contribution in [1.29, 1.82) is 5.26 Å². The zero-order chi connectivity index (χ0) is 21.9. The fraction of sp³-hybridized carbons (Fsp3) is 0.304. The van der Waals surface area contributed by atoms with Crippen molar-refractivity contribution < 1.29 is 4.79 Å². The number of aliphatic imine (C=N–C) groups is 1. The van der Waals surface area contributed by atoms with Crippen LogP contribution in [0.4, 0.5) is 0 Å². The van der Waals surface area contributed by atoms with Crippen molar-refractivity contribution in [3.05, 3.63) is 63.9 Å². The summed E-state index contributed by atoms with van der Waals surface area (Å²) in [5.74, 6) is -0.215. The summed E-state index contributed by atoms with van der Waals surface area (Å²) in [5, 5.41) is 14.3. The molecule has 154 valence electrons. The third-order valence-electron chi connectivity index (χ3n) is 6.02. The van der Waals surface area contributed by atoms with Crippen LogP contribution in [-0.4, -0.2) is 43.3 Å². The van der Waals surface area contributed by atoms with E-state index in [0.29, 0.717) is 34.8 Å².